The molecule has 1 aliphatic rings. The molecule has 0 bridgehead atoms. The number of oxazole rings is 1. The number of nitrogens with one attached hydrogen (secondary N) is 2. The molecule has 1 aliphatic heterocycles. The Morgan fingerprint density at radius 3 is 2.63 bits per heavy atom. The first-order valence-corrected chi connectivity index (χ1v) is 10.3. The fraction of sp³-hybridized carbons (Fsp3) is 0.348. The number of aromatic amines is 1. The van der Waals surface area contributed by atoms with Gasteiger partial charge >= 0.3 is 5.76 Å². The van der Waals surface area contributed by atoms with Crippen LogP contribution in [-0.4, -0.2) is 47.8 Å². The van der Waals surface area contributed by atoms with Crippen molar-refractivity contribution in [1.29, 1.82) is 0 Å². The molecule has 30 heavy (non-hydrogen) atoms. The maximum absolute atomic E-state index is 12.4. The summed E-state index contributed by atoms with van der Waals surface area (Å²) >= 11 is 0. The van der Waals surface area contributed by atoms with Gasteiger partial charge in [-0.3, -0.25) is 19.5 Å². The van der Waals surface area contributed by atoms with Crippen LogP contribution in [-0.2, 0) is 11.2 Å². The van der Waals surface area contributed by atoms with Crippen LogP contribution in [0.15, 0.2) is 57.7 Å². The van der Waals surface area contributed by atoms with Gasteiger partial charge in [0.25, 0.3) is 0 Å². The summed E-state index contributed by atoms with van der Waals surface area (Å²) in [5.41, 5.74) is 2.63. The molecule has 0 aliphatic carbocycles. The molecule has 0 saturated carbocycles. The molecule has 7 nitrogen and oxygen atoms in total. The summed E-state index contributed by atoms with van der Waals surface area (Å²) in [6, 6.07) is 15.3. The molecule has 1 amide bonds. The normalized spacial score (nSPS) is 15.3. The van der Waals surface area contributed by atoms with E-state index in [0.717, 1.165) is 32.4 Å². The highest BCUT2D eigenvalue weighted by molar-refractivity contribution is 6.01. The van der Waals surface area contributed by atoms with E-state index in [4.69, 9.17) is 4.42 Å². The van der Waals surface area contributed by atoms with Gasteiger partial charge in [-0.25, -0.2) is 4.79 Å². The summed E-state index contributed by atoms with van der Waals surface area (Å²) in [5.74, 6) is -0.290. The minimum Gasteiger partial charge on any atom is -0.408 e. The van der Waals surface area contributed by atoms with Crippen LogP contribution in [0.2, 0.25) is 0 Å². The van der Waals surface area contributed by atoms with Crippen molar-refractivity contribution >= 4 is 22.8 Å². The van der Waals surface area contributed by atoms with E-state index >= 15 is 0 Å². The smallest absolute Gasteiger partial charge is 0.408 e. The van der Waals surface area contributed by atoms with Gasteiger partial charge in [0.05, 0.1) is 18.6 Å². The van der Waals surface area contributed by atoms with Gasteiger partial charge in [-0.05, 0) is 62.0 Å². The topological polar surface area (TPSA) is 95.4 Å². The predicted molar refractivity (Wildman–Crippen MR) is 113 cm³/mol. The lowest BCUT2D eigenvalue weighted by atomic mass is 9.90. The SMILES string of the molecule is O=C(CN1CCC(Cc2ccccc2)CC1)NCC(=O)c1ccc2[nH]c(=O)oc2c1. The third-order valence-corrected chi connectivity index (χ3v) is 5.63. The zero-order chi connectivity index (χ0) is 20.9. The van der Waals surface area contributed by atoms with Crippen LogP contribution in [0.3, 0.4) is 0 Å². The minimum atomic E-state index is -0.560. The number of rotatable bonds is 7. The summed E-state index contributed by atoms with van der Waals surface area (Å²) < 4.78 is 4.97. The van der Waals surface area contributed by atoms with Crippen molar-refractivity contribution in [3.63, 3.8) is 0 Å². The average molecular weight is 407 g/mol. The Morgan fingerprint density at radius 2 is 1.87 bits per heavy atom. The van der Waals surface area contributed by atoms with Gasteiger partial charge in [0.15, 0.2) is 11.4 Å². The third kappa shape index (κ3) is 5.04. The van der Waals surface area contributed by atoms with Crippen LogP contribution in [0, 0.1) is 5.92 Å². The molecule has 156 valence electrons. The van der Waals surface area contributed by atoms with Crippen molar-refractivity contribution < 1.29 is 14.0 Å². The van der Waals surface area contributed by atoms with Crippen LogP contribution >= 0.6 is 0 Å². The van der Waals surface area contributed by atoms with E-state index in [2.05, 4.69) is 39.5 Å². The lowest BCUT2D eigenvalue weighted by Crippen LogP contribution is -2.42. The van der Waals surface area contributed by atoms with Gasteiger partial charge in [-0.2, -0.15) is 0 Å². The Morgan fingerprint density at radius 1 is 1.10 bits per heavy atom. The van der Waals surface area contributed by atoms with Crippen LogP contribution < -0.4 is 11.1 Å². The quantitative estimate of drug-likeness (QED) is 0.587. The fourth-order valence-electron chi connectivity index (χ4n) is 3.95. The second kappa shape index (κ2) is 9.09. The van der Waals surface area contributed by atoms with Crippen molar-refractivity contribution in [2.45, 2.75) is 19.3 Å². The van der Waals surface area contributed by atoms with Crippen molar-refractivity contribution in [1.82, 2.24) is 15.2 Å². The average Bonchev–Trinajstić information content (AvgIpc) is 3.13. The molecule has 0 radical (unpaired) electrons. The number of hydrogen-bond donors (Lipinski definition) is 2. The highest BCUT2D eigenvalue weighted by Gasteiger charge is 2.21. The van der Waals surface area contributed by atoms with E-state index in [0.29, 0.717) is 29.1 Å². The van der Waals surface area contributed by atoms with E-state index in [9.17, 15) is 14.4 Å². The summed E-state index contributed by atoms with van der Waals surface area (Å²) in [5, 5.41) is 2.70. The number of likely N-dealkylation sites (tertiary alicyclic amines) is 1. The van der Waals surface area contributed by atoms with Gasteiger partial charge < -0.3 is 9.73 Å². The maximum atomic E-state index is 12.4. The van der Waals surface area contributed by atoms with E-state index < -0.39 is 5.76 Å². The lowest BCUT2D eigenvalue weighted by Gasteiger charge is -2.31. The molecule has 0 unspecified atom stereocenters. The fourth-order valence-corrected chi connectivity index (χ4v) is 3.95. The zero-order valence-corrected chi connectivity index (χ0v) is 16.7. The Kier molecular flexibility index (Phi) is 6.09. The maximum Gasteiger partial charge on any atom is 0.417 e. The highest BCUT2D eigenvalue weighted by Crippen LogP contribution is 2.21. The largest absolute Gasteiger partial charge is 0.417 e. The predicted octanol–water partition coefficient (Wildman–Crippen LogP) is 2.37. The molecule has 4 rings (SSSR count). The number of fused-ring (bicyclic) bond motifs is 1. The van der Waals surface area contributed by atoms with Gasteiger partial charge in [0, 0.05) is 5.56 Å². The standard InChI is InChI=1S/C23H25N3O4/c27-20(18-6-7-19-21(13-18)30-23(29)25-19)14-24-22(28)15-26-10-8-17(9-11-26)12-16-4-2-1-3-5-16/h1-7,13,17H,8-12,14-15H2,(H,24,28)(H,25,29). The third-order valence-electron chi connectivity index (χ3n) is 5.63. The van der Waals surface area contributed by atoms with Crippen LogP contribution in [0.1, 0.15) is 28.8 Å². The molecular weight excluding hydrogens is 382 g/mol. The molecule has 1 aromatic heterocycles. The Hall–Kier alpha value is -3.19. The van der Waals surface area contributed by atoms with Crippen molar-refractivity contribution in [2.75, 3.05) is 26.2 Å². The minimum absolute atomic E-state index is 0.0799. The lowest BCUT2D eigenvalue weighted by molar-refractivity contribution is -0.122. The summed E-state index contributed by atoms with van der Waals surface area (Å²) in [4.78, 5) is 40.5. The molecule has 0 atom stereocenters. The molecule has 7 heteroatoms. The number of hydrogen-bond acceptors (Lipinski definition) is 5. The highest BCUT2D eigenvalue weighted by atomic mass is 16.4. The summed E-state index contributed by atoms with van der Waals surface area (Å²) in [7, 11) is 0. The number of carbonyl (C=O) groups excluding carboxylic acids is 2. The van der Waals surface area contributed by atoms with Gasteiger partial charge in [-0.15, -0.1) is 0 Å². The van der Waals surface area contributed by atoms with E-state index in [1.807, 2.05) is 6.07 Å². The van der Waals surface area contributed by atoms with Crippen LogP contribution in [0.5, 0.6) is 0 Å². The number of benzene rings is 2. The zero-order valence-electron chi connectivity index (χ0n) is 16.7. The monoisotopic (exact) mass is 407 g/mol. The Bertz CT molecular complexity index is 1080. The number of Topliss-reactive ketones (excluding diaryl/α,β-unsaturated/α-hetero) is 1. The molecule has 2 heterocycles. The number of amides is 1. The van der Waals surface area contributed by atoms with Crippen molar-refractivity contribution in [2.24, 2.45) is 5.92 Å². The number of ketones is 1. The van der Waals surface area contributed by atoms with Gasteiger partial charge in [-0.1, -0.05) is 30.3 Å². The first-order chi connectivity index (χ1) is 14.6. The molecule has 3 aromatic rings. The van der Waals surface area contributed by atoms with Gasteiger partial charge in [0.2, 0.25) is 5.91 Å². The Balaban J connectivity index is 1.21. The van der Waals surface area contributed by atoms with Crippen LogP contribution in [0.25, 0.3) is 11.1 Å². The van der Waals surface area contributed by atoms with E-state index in [-0.39, 0.29) is 18.2 Å². The number of carbonyl (C=O) groups is 2. The molecule has 1 fully saturated rings. The number of nitrogens with zero attached hydrogens (tertiary/aromatic N) is 1. The molecule has 0 spiro atoms. The number of aromatic nitrogens is 1. The number of piperidine rings is 1. The summed E-state index contributed by atoms with van der Waals surface area (Å²) in [6.45, 7) is 2.00. The van der Waals surface area contributed by atoms with E-state index in [1.54, 1.807) is 12.1 Å². The second-order valence-electron chi connectivity index (χ2n) is 7.83. The van der Waals surface area contributed by atoms with Crippen molar-refractivity contribution in [3.05, 3.63) is 70.2 Å². The first-order valence-electron chi connectivity index (χ1n) is 10.3. The molecule has 2 N–H and O–H groups in total. The van der Waals surface area contributed by atoms with Crippen LogP contribution in [0.4, 0.5) is 0 Å². The molecular formula is C23H25N3O4. The molecule has 2 aromatic carbocycles. The van der Waals surface area contributed by atoms with Gasteiger partial charge in [0.1, 0.15) is 0 Å². The Labute approximate surface area is 174 Å². The summed E-state index contributed by atoms with van der Waals surface area (Å²) in [6.07, 6.45) is 3.23. The van der Waals surface area contributed by atoms with E-state index in [1.165, 1.54) is 11.6 Å². The molecule has 1 saturated heterocycles. The number of H-pyrrole nitrogens is 1. The second-order valence-corrected chi connectivity index (χ2v) is 7.83. The first kappa shape index (κ1) is 20.1. The van der Waals surface area contributed by atoms with Crippen molar-refractivity contribution in [3.8, 4) is 0 Å².